The van der Waals surface area contributed by atoms with Gasteiger partial charge in [-0.2, -0.15) is 11.8 Å². The van der Waals surface area contributed by atoms with Crippen LogP contribution in [0.2, 0.25) is 0 Å². The summed E-state index contributed by atoms with van der Waals surface area (Å²) < 4.78 is 0. The summed E-state index contributed by atoms with van der Waals surface area (Å²) in [7, 11) is 0. The number of rotatable bonds is 3. The van der Waals surface area contributed by atoms with Crippen LogP contribution in [0.5, 0.6) is 0 Å². The Morgan fingerprint density at radius 1 is 1.38 bits per heavy atom. The van der Waals surface area contributed by atoms with Crippen molar-refractivity contribution in [3.8, 4) is 0 Å². The molecule has 0 spiro atoms. The van der Waals surface area contributed by atoms with Crippen molar-refractivity contribution in [1.29, 1.82) is 0 Å². The summed E-state index contributed by atoms with van der Waals surface area (Å²) in [5.74, 6) is 0. The van der Waals surface area contributed by atoms with E-state index in [1.165, 1.54) is 36.9 Å². The third-order valence-electron chi connectivity index (χ3n) is 3.39. The fourth-order valence-electron chi connectivity index (χ4n) is 2.36. The molecule has 2 rings (SSSR count). The van der Waals surface area contributed by atoms with Crippen LogP contribution in [0.4, 0.5) is 5.69 Å². The van der Waals surface area contributed by atoms with Gasteiger partial charge in [-0.05, 0) is 37.7 Å². The first-order valence-corrected chi connectivity index (χ1v) is 7.30. The predicted molar refractivity (Wildman–Crippen MR) is 72.2 cm³/mol. The maximum atomic E-state index is 4.19. The first-order chi connectivity index (χ1) is 7.81. The Hall–Kier alpha value is -0.700. The second kappa shape index (κ2) is 5.58. The molecule has 0 aromatic carbocycles. The van der Waals surface area contributed by atoms with E-state index >= 15 is 0 Å². The van der Waals surface area contributed by atoms with Crippen molar-refractivity contribution in [1.82, 2.24) is 4.98 Å². The average Bonchev–Trinajstić information content (AvgIpc) is 2.33. The van der Waals surface area contributed by atoms with Crippen molar-refractivity contribution in [2.45, 2.75) is 43.9 Å². The lowest BCUT2D eigenvalue weighted by Gasteiger charge is -2.32. The maximum absolute atomic E-state index is 4.19. The van der Waals surface area contributed by atoms with Crippen LogP contribution >= 0.6 is 11.8 Å². The highest BCUT2D eigenvalue weighted by Crippen LogP contribution is 2.29. The van der Waals surface area contributed by atoms with Crippen molar-refractivity contribution in [3.05, 3.63) is 24.0 Å². The molecule has 1 heterocycles. The molecule has 88 valence electrons. The molecule has 0 saturated heterocycles. The van der Waals surface area contributed by atoms with Crippen LogP contribution in [-0.2, 0) is 0 Å². The molecule has 1 fully saturated rings. The SMILES string of the molecule is CSC1CCCCC1Nc1cnccc1C. The molecular formula is C13H20N2S. The van der Waals surface area contributed by atoms with Gasteiger partial charge in [0.05, 0.1) is 11.9 Å². The van der Waals surface area contributed by atoms with Gasteiger partial charge in [0.1, 0.15) is 0 Å². The molecule has 2 atom stereocenters. The van der Waals surface area contributed by atoms with Crippen LogP contribution < -0.4 is 5.32 Å². The molecule has 1 saturated carbocycles. The molecule has 0 amide bonds. The number of nitrogens with one attached hydrogen (secondary N) is 1. The number of aromatic nitrogens is 1. The van der Waals surface area contributed by atoms with Gasteiger partial charge >= 0.3 is 0 Å². The van der Waals surface area contributed by atoms with Crippen molar-refractivity contribution >= 4 is 17.4 Å². The smallest absolute Gasteiger partial charge is 0.0558 e. The fourth-order valence-corrected chi connectivity index (χ4v) is 3.29. The van der Waals surface area contributed by atoms with Crippen molar-refractivity contribution < 1.29 is 0 Å². The zero-order chi connectivity index (χ0) is 11.4. The topological polar surface area (TPSA) is 24.9 Å². The van der Waals surface area contributed by atoms with Crippen LogP contribution in [0.1, 0.15) is 31.2 Å². The van der Waals surface area contributed by atoms with E-state index in [1.807, 2.05) is 24.2 Å². The van der Waals surface area contributed by atoms with E-state index in [9.17, 15) is 0 Å². The zero-order valence-electron chi connectivity index (χ0n) is 10.1. The number of aryl methyl sites for hydroxylation is 1. The molecule has 2 nitrogen and oxygen atoms in total. The number of anilines is 1. The molecule has 0 aliphatic heterocycles. The lowest BCUT2D eigenvalue weighted by Crippen LogP contribution is -2.34. The van der Waals surface area contributed by atoms with Crippen LogP contribution in [0.3, 0.4) is 0 Å². The maximum Gasteiger partial charge on any atom is 0.0558 e. The first kappa shape index (κ1) is 11.8. The molecule has 3 heteroatoms. The first-order valence-electron chi connectivity index (χ1n) is 6.01. The fraction of sp³-hybridized carbons (Fsp3) is 0.615. The van der Waals surface area contributed by atoms with E-state index in [4.69, 9.17) is 0 Å². The number of hydrogen-bond donors (Lipinski definition) is 1. The molecule has 16 heavy (non-hydrogen) atoms. The second-order valence-corrected chi connectivity index (χ2v) is 5.58. The summed E-state index contributed by atoms with van der Waals surface area (Å²) in [6.07, 6.45) is 11.4. The van der Waals surface area contributed by atoms with Crippen LogP contribution in [-0.4, -0.2) is 22.5 Å². The van der Waals surface area contributed by atoms with Gasteiger partial charge in [-0.25, -0.2) is 0 Å². The van der Waals surface area contributed by atoms with Gasteiger partial charge in [0.15, 0.2) is 0 Å². The monoisotopic (exact) mass is 236 g/mol. The molecule has 1 aromatic rings. The lowest BCUT2D eigenvalue weighted by molar-refractivity contribution is 0.475. The summed E-state index contributed by atoms with van der Waals surface area (Å²) in [5, 5.41) is 4.42. The number of pyridine rings is 1. The van der Waals surface area contributed by atoms with Crippen molar-refractivity contribution in [3.63, 3.8) is 0 Å². The van der Waals surface area contributed by atoms with E-state index in [0.717, 1.165) is 5.25 Å². The zero-order valence-corrected chi connectivity index (χ0v) is 10.9. The standard InChI is InChI=1S/C13H20N2S/c1-10-7-8-14-9-12(10)15-11-5-3-4-6-13(11)16-2/h7-9,11,13,15H,3-6H2,1-2H3. The minimum absolute atomic E-state index is 0.617. The summed E-state index contributed by atoms with van der Waals surface area (Å²) in [5.41, 5.74) is 2.49. The summed E-state index contributed by atoms with van der Waals surface area (Å²) in [4.78, 5) is 4.19. The second-order valence-electron chi connectivity index (χ2n) is 4.50. The normalized spacial score (nSPS) is 25.4. The largest absolute Gasteiger partial charge is 0.380 e. The number of hydrogen-bond acceptors (Lipinski definition) is 3. The predicted octanol–water partition coefficient (Wildman–Crippen LogP) is 3.48. The van der Waals surface area contributed by atoms with Crippen molar-refractivity contribution in [2.75, 3.05) is 11.6 Å². The van der Waals surface area contributed by atoms with Gasteiger partial charge in [-0.3, -0.25) is 4.98 Å². The van der Waals surface area contributed by atoms with Gasteiger partial charge in [-0.1, -0.05) is 12.8 Å². The Morgan fingerprint density at radius 2 is 2.19 bits per heavy atom. The van der Waals surface area contributed by atoms with Gasteiger partial charge in [-0.15, -0.1) is 0 Å². The minimum atomic E-state index is 0.617. The summed E-state index contributed by atoms with van der Waals surface area (Å²) in [6.45, 7) is 2.14. The van der Waals surface area contributed by atoms with E-state index in [1.54, 1.807) is 0 Å². The van der Waals surface area contributed by atoms with Gasteiger partial charge in [0.25, 0.3) is 0 Å². The third kappa shape index (κ3) is 2.70. The molecular weight excluding hydrogens is 216 g/mol. The minimum Gasteiger partial charge on any atom is -0.380 e. The highest BCUT2D eigenvalue weighted by Gasteiger charge is 2.24. The van der Waals surface area contributed by atoms with Crippen molar-refractivity contribution in [2.24, 2.45) is 0 Å². The quantitative estimate of drug-likeness (QED) is 0.869. The third-order valence-corrected chi connectivity index (χ3v) is 4.56. The van der Waals surface area contributed by atoms with E-state index in [0.29, 0.717) is 6.04 Å². The number of nitrogens with zero attached hydrogens (tertiary/aromatic N) is 1. The van der Waals surface area contributed by atoms with E-state index in [2.05, 4.69) is 29.5 Å². The molecule has 2 unspecified atom stereocenters. The molecule has 1 aromatic heterocycles. The Balaban J connectivity index is 2.05. The molecule has 1 aliphatic carbocycles. The van der Waals surface area contributed by atoms with Gasteiger partial charge < -0.3 is 5.32 Å². The van der Waals surface area contributed by atoms with Crippen LogP contribution in [0, 0.1) is 6.92 Å². The summed E-state index contributed by atoms with van der Waals surface area (Å²) >= 11 is 2.00. The van der Waals surface area contributed by atoms with Gasteiger partial charge in [0.2, 0.25) is 0 Å². The average molecular weight is 236 g/mol. The van der Waals surface area contributed by atoms with Gasteiger partial charge in [0, 0.05) is 17.5 Å². The van der Waals surface area contributed by atoms with E-state index < -0.39 is 0 Å². The Bertz CT molecular complexity index is 340. The molecule has 0 radical (unpaired) electrons. The highest BCUT2D eigenvalue weighted by atomic mass is 32.2. The molecule has 0 bridgehead atoms. The Kier molecular flexibility index (Phi) is 4.10. The summed E-state index contributed by atoms with van der Waals surface area (Å²) in [6, 6.07) is 2.69. The van der Waals surface area contributed by atoms with Crippen LogP contribution in [0.15, 0.2) is 18.5 Å². The molecule has 1 N–H and O–H groups in total. The molecule has 1 aliphatic rings. The lowest BCUT2D eigenvalue weighted by atomic mass is 9.94. The highest BCUT2D eigenvalue weighted by molar-refractivity contribution is 7.99. The Morgan fingerprint density at radius 3 is 2.94 bits per heavy atom. The number of thioether (sulfide) groups is 1. The Labute approximate surface area is 102 Å². The van der Waals surface area contributed by atoms with Crippen LogP contribution in [0.25, 0.3) is 0 Å². The van der Waals surface area contributed by atoms with E-state index in [-0.39, 0.29) is 0 Å².